The zero-order valence-electron chi connectivity index (χ0n) is 14.3. The first-order chi connectivity index (χ1) is 11.5. The van der Waals surface area contributed by atoms with E-state index in [0.29, 0.717) is 18.7 Å². The second-order valence-electron chi connectivity index (χ2n) is 6.79. The van der Waals surface area contributed by atoms with Gasteiger partial charge in [-0.1, -0.05) is 18.9 Å². The van der Waals surface area contributed by atoms with Gasteiger partial charge < -0.3 is 4.90 Å². The molecular weight excluding hydrogens is 324 g/mol. The highest BCUT2D eigenvalue weighted by molar-refractivity contribution is 7.89. The topological polar surface area (TPSA) is 57.7 Å². The molecule has 1 aromatic rings. The molecule has 2 aliphatic heterocycles. The second-order valence-corrected chi connectivity index (χ2v) is 8.73. The molecule has 0 radical (unpaired) electrons. The van der Waals surface area contributed by atoms with Crippen LogP contribution in [0.25, 0.3) is 0 Å². The largest absolute Gasteiger partial charge is 0.339 e. The Morgan fingerprint density at radius 3 is 2.12 bits per heavy atom. The van der Waals surface area contributed by atoms with Gasteiger partial charge in [-0.2, -0.15) is 4.31 Å². The van der Waals surface area contributed by atoms with E-state index in [-0.39, 0.29) is 10.8 Å². The molecule has 0 aliphatic carbocycles. The number of rotatable bonds is 3. The molecular formula is C18H26N2O3S. The van der Waals surface area contributed by atoms with E-state index in [0.717, 1.165) is 57.2 Å². The van der Waals surface area contributed by atoms with E-state index >= 15 is 0 Å². The summed E-state index contributed by atoms with van der Waals surface area (Å²) in [6.07, 6.45) is 6.18. The minimum absolute atomic E-state index is 0.0344. The Bertz CT molecular complexity index is 701. The van der Waals surface area contributed by atoms with E-state index in [1.54, 1.807) is 18.2 Å². The van der Waals surface area contributed by atoms with Gasteiger partial charge in [0.05, 0.1) is 4.90 Å². The van der Waals surface area contributed by atoms with E-state index < -0.39 is 10.0 Å². The lowest BCUT2D eigenvalue weighted by molar-refractivity contribution is 0.0760. The molecule has 0 unspecified atom stereocenters. The summed E-state index contributed by atoms with van der Waals surface area (Å²) in [6.45, 7) is 4.55. The van der Waals surface area contributed by atoms with Crippen LogP contribution in [0.1, 0.15) is 54.4 Å². The van der Waals surface area contributed by atoms with Crippen LogP contribution in [-0.4, -0.2) is 49.7 Å². The first-order valence-corrected chi connectivity index (χ1v) is 10.3. The quantitative estimate of drug-likeness (QED) is 0.842. The highest BCUT2D eigenvalue weighted by Crippen LogP contribution is 2.24. The maximum absolute atomic E-state index is 12.9. The monoisotopic (exact) mass is 350 g/mol. The lowest BCUT2D eigenvalue weighted by Crippen LogP contribution is -2.33. The highest BCUT2D eigenvalue weighted by atomic mass is 32.2. The molecule has 0 saturated carbocycles. The van der Waals surface area contributed by atoms with Crippen molar-refractivity contribution in [2.75, 3.05) is 26.2 Å². The van der Waals surface area contributed by atoms with Gasteiger partial charge in [0, 0.05) is 31.7 Å². The number of carbonyl (C=O) groups is 1. The lowest BCUT2D eigenvalue weighted by Gasteiger charge is -2.22. The molecule has 6 heteroatoms. The van der Waals surface area contributed by atoms with Crippen LogP contribution in [0.3, 0.4) is 0 Å². The van der Waals surface area contributed by atoms with Crippen LogP contribution >= 0.6 is 0 Å². The molecule has 0 spiro atoms. The summed E-state index contributed by atoms with van der Waals surface area (Å²) >= 11 is 0. The lowest BCUT2D eigenvalue weighted by atomic mass is 10.1. The number of hydrogen-bond donors (Lipinski definition) is 0. The summed E-state index contributed by atoms with van der Waals surface area (Å²) in [7, 11) is -3.49. The number of sulfonamides is 1. The minimum atomic E-state index is -3.49. The van der Waals surface area contributed by atoms with Crippen LogP contribution in [-0.2, 0) is 10.0 Å². The average Bonchev–Trinajstić information content (AvgIpc) is 2.98. The van der Waals surface area contributed by atoms with Crippen LogP contribution in [0.15, 0.2) is 23.1 Å². The molecule has 0 bridgehead atoms. The van der Waals surface area contributed by atoms with Crippen molar-refractivity contribution in [2.24, 2.45) is 0 Å². The normalized spacial score (nSPS) is 20.1. The standard InChI is InChI=1S/C18H26N2O3S/c1-15-8-9-16(24(22,23)20-12-6-7-13-20)14-17(15)18(21)19-10-4-2-3-5-11-19/h8-9,14H,2-7,10-13H2,1H3. The fourth-order valence-corrected chi connectivity index (χ4v) is 5.06. The maximum Gasteiger partial charge on any atom is 0.254 e. The smallest absolute Gasteiger partial charge is 0.254 e. The molecule has 2 aliphatic rings. The van der Waals surface area contributed by atoms with Gasteiger partial charge in [0.2, 0.25) is 10.0 Å². The van der Waals surface area contributed by atoms with Crippen molar-refractivity contribution in [3.05, 3.63) is 29.3 Å². The van der Waals surface area contributed by atoms with Crippen molar-refractivity contribution in [1.82, 2.24) is 9.21 Å². The first-order valence-electron chi connectivity index (χ1n) is 8.90. The third kappa shape index (κ3) is 3.49. The van der Waals surface area contributed by atoms with Gasteiger partial charge in [0.25, 0.3) is 5.91 Å². The first kappa shape index (κ1) is 17.4. The van der Waals surface area contributed by atoms with E-state index in [4.69, 9.17) is 0 Å². The highest BCUT2D eigenvalue weighted by Gasteiger charge is 2.28. The SMILES string of the molecule is Cc1ccc(S(=O)(=O)N2CCCC2)cc1C(=O)N1CCCCCC1. The molecule has 1 amide bonds. The van der Waals surface area contributed by atoms with Crippen molar-refractivity contribution >= 4 is 15.9 Å². The molecule has 0 atom stereocenters. The molecule has 2 heterocycles. The summed E-state index contributed by atoms with van der Waals surface area (Å²) in [5.74, 6) is -0.0344. The molecule has 24 heavy (non-hydrogen) atoms. The summed E-state index contributed by atoms with van der Waals surface area (Å²) in [4.78, 5) is 15.0. The molecule has 0 aromatic heterocycles. The summed E-state index contributed by atoms with van der Waals surface area (Å²) < 4.78 is 27.0. The number of likely N-dealkylation sites (tertiary alicyclic amines) is 1. The van der Waals surface area contributed by atoms with Crippen molar-refractivity contribution in [2.45, 2.75) is 50.3 Å². The number of benzene rings is 1. The van der Waals surface area contributed by atoms with Gasteiger partial charge in [-0.15, -0.1) is 0 Å². The van der Waals surface area contributed by atoms with Crippen LogP contribution in [0.2, 0.25) is 0 Å². The molecule has 3 rings (SSSR count). The van der Waals surface area contributed by atoms with Crippen molar-refractivity contribution < 1.29 is 13.2 Å². The zero-order valence-corrected chi connectivity index (χ0v) is 15.1. The molecule has 2 saturated heterocycles. The van der Waals surface area contributed by atoms with Gasteiger partial charge in [0.15, 0.2) is 0 Å². The van der Waals surface area contributed by atoms with Gasteiger partial charge in [-0.3, -0.25) is 4.79 Å². The average molecular weight is 350 g/mol. The van der Waals surface area contributed by atoms with Crippen LogP contribution in [0.5, 0.6) is 0 Å². The van der Waals surface area contributed by atoms with E-state index in [1.165, 1.54) is 4.31 Å². The molecule has 2 fully saturated rings. The van der Waals surface area contributed by atoms with Gasteiger partial charge in [-0.25, -0.2) is 8.42 Å². The minimum Gasteiger partial charge on any atom is -0.339 e. The van der Waals surface area contributed by atoms with Gasteiger partial charge >= 0.3 is 0 Å². The molecule has 1 aromatic carbocycles. The fourth-order valence-electron chi connectivity index (χ4n) is 3.51. The number of amides is 1. The zero-order chi connectivity index (χ0) is 17.2. The Morgan fingerprint density at radius 1 is 0.917 bits per heavy atom. The Balaban J connectivity index is 1.89. The van der Waals surface area contributed by atoms with E-state index in [9.17, 15) is 13.2 Å². The van der Waals surface area contributed by atoms with Gasteiger partial charge in [0.1, 0.15) is 0 Å². The van der Waals surface area contributed by atoms with E-state index in [2.05, 4.69) is 0 Å². The fraction of sp³-hybridized carbons (Fsp3) is 0.611. The Labute approximate surface area is 144 Å². The number of hydrogen-bond acceptors (Lipinski definition) is 3. The van der Waals surface area contributed by atoms with Crippen molar-refractivity contribution in [3.63, 3.8) is 0 Å². The summed E-state index contributed by atoms with van der Waals surface area (Å²) in [5.41, 5.74) is 1.36. The number of aryl methyl sites for hydroxylation is 1. The van der Waals surface area contributed by atoms with Crippen molar-refractivity contribution in [3.8, 4) is 0 Å². The van der Waals surface area contributed by atoms with E-state index in [1.807, 2.05) is 11.8 Å². The van der Waals surface area contributed by atoms with Crippen LogP contribution in [0.4, 0.5) is 0 Å². The predicted octanol–water partition coefficient (Wildman–Crippen LogP) is 2.80. The van der Waals surface area contributed by atoms with Crippen LogP contribution in [0, 0.1) is 6.92 Å². The summed E-state index contributed by atoms with van der Waals surface area (Å²) in [5, 5.41) is 0. The Morgan fingerprint density at radius 2 is 1.50 bits per heavy atom. The Kier molecular flexibility index (Phi) is 5.25. The summed E-state index contributed by atoms with van der Waals surface area (Å²) in [6, 6.07) is 4.96. The van der Waals surface area contributed by atoms with Crippen LogP contribution < -0.4 is 0 Å². The molecule has 0 N–H and O–H groups in total. The number of carbonyl (C=O) groups excluding carboxylic acids is 1. The third-order valence-electron chi connectivity index (χ3n) is 5.04. The van der Waals surface area contributed by atoms with Crippen molar-refractivity contribution in [1.29, 1.82) is 0 Å². The van der Waals surface area contributed by atoms with Gasteiger partial charge in [-0.05, 0) is 50.3 Å². The maximum atomic E-state index is 12.9. The number of nitrogens with zero attached hydrogens (tertiary/aromatic N) is 2. The molecule has 132 valence electrons. The molecule has 5 nitrogen and oxygen atoms in total. The Hall–Kier alpha value is -1.40. The second kappa shape index (κ2) is 7.23. The predicted molar refractivity (Wildman–Crippen MR) is 93.5 cm³/mol. The third-order valence-corrected chi connectivity index (χ3v) is 6.93.